The molecule has 0 amide bonds. The second-order valence-corrected chi connectivity index (χ2v) is 6.17. The van der Waals surface area contributed by atoms with Gasteiger partial charge in [0.1, 0.15) is 0 Å². The van der Waals surface area contributed by atoms with Gasteiger partial charge in [0.25, 0.3) is 0 Å². The average molecular weight is 465 g/mol. The van der Waals surface area contributed by atoms with Gasteiger partial charge in [-0.2, -0.15) is 0 Å². The molecule has 126 valence electrons. The third-order valence-electron chi connectivity index (χ3n) is 3.21. The Kier molecular flexibility index (Phi) is 9.50. The predicted octanol–water partition coefficient (Wildman–Crippen LogP) is 4.02. The highest BCUT2D eigenvalue weighted by Gasteiger charge is 2.03. The van der Waals surface area contributed by atoms with Gasteiger partial charge in [-0.25, -0.2) is 9.98 Å². The predicted molar refractivity (Wildman–Crippen MR) is 110 cm³/mol. The van der Waals surface area contributed by atoms with E-state index in [1.807, 2.05) is 30.6 Å². The Morgan fingerprint density at radius 2 is 2.09 bits per heavy atom. The number of thiazole rings is 1. The highest BCUT2D eigenvalue weighted by atomic mass is 127. The minimum atomic E-state index is 0. The van der Waals surface area contributed by atoms with Gasteiger partial charge in [-0.15, -0.1) is 35.3 Å². The fourth-order valence-electron chi connectivity index (χ4n) is 1.99. The Balaban J connectivity index is 0.00000264. The molecular formula is C16H22ClIN4S. The number of aryl methyl sites for hydroxylation is 1. The van der Waals surface area contributed by atoms with E-state index in [9.17, 15) is 0 Å². The lowest BCUT2D eigenvalue weighted by molar-refractivity contribution is 0.800. The number of nitrogens with one attached hydrogen (secondary N) is 2. The van der Waals surface area contributed by atoms with Crippen molar-refractivity contribution in [2.24, 2.45) is 4.99 Å². The molecular weight excluding hydrogens is 443 g/mol. The van der Waals surface area contributed by atoms with Crippen molar-refractivity contribution in [1.82, 2.24) is 15.6 Å². The largest absolute Gasteiger partial charge is 0.357 e. The molecule has 4 nitrogen and oxygen atoms in total. The van der Waals surface area contributed by atoms with Crippen LogP contribution in [0.25, 0.3) is 0 Å². The summed E-state index contributed by atoms with van der Waals surface area (Å²) in [6.07, 6.45) is 0.865. The molecule has 1 aromatic carbocycles. The standard InChI is InChI=1S/C16H21ClN4S.HI/c1-3-18-16(20-10-15-12(2)21-11-22-15)19-9-8-13-6-4-5-7-14(13)17;/h4-7,11H,3,8-10H2,1-2H3,(H2,18,19,20);1H. The summed E-state index contributed by atoms with van der Waals surface area (Å²) >= 11 is 7.81. The quantitative estimate of drug-likeness (QED) is 0.386. The van der Waals surface area contributed by atoms with Crippen LogP contribution in [0.15, 0.2) is 34.8 Å². The minimum absolute atomic E-state index is 0. The van der Waals surface area contributed by atoms with Gasteiger partial charge in [0, 0.05) is 23.0 Å². The van der Waals surface area contributed by atoms with E-state index >= 15 is 0 Å². The normalized spacial score (nSPS) is 11.0. The fourth-order valence-corrected chi connectivity index (χ4v) is 2.92. The number of hydrogen-bond acceptors (Lipinski definition) is 3. The van der Waals surface area contributed by atoms with E-state index in [4.69, 9.17) is 11.6 Å². The number of nitrogens with zero attached hydrogens (tertiary/aromatic N) is 2. The maximum Gasteiger partial charge on any atom is 0.191 e. The van der Waals surface area contributed by atoms with Crippen LogP contribution < -0.4 is 10.6 Å². The third kappa shape index (κ3) is 6.64. The van der Waals surface area contributed by atoms with Crippen molar-refractivity contribution < 1.29 is 0 Å². The van der Waals surface area contributed by atoms with E-state index in [2.05, 4.69) is 33.6 Å². The van der Waals surface area contributed by atoms with Crippen molar-refractivity contribution >= 4 is 52.9 Å². The highest BCUT2D eigenvalue weighted by Crippen LogP contribution is 2.15. The molecule has 1 heterocycles. The molecule has 1 aromatic heterocycles. The van der Waals surface area contributed by atoms with Gasteiger partial charge in [-0.1, -0.05) is 29.8 Å². The van der Waals surface area contributed by atoms with Crippen molar-refractivity contribution in [2.45, 2.75) is 26.8 Å². The summed E-state index contributed by atoms with van der Waals surface area (Å²) in [5.41, 5.74) is 4.06. The van der Waals surface area contributed by atoms with E-state index < -0.39 is 0 Å². The maximum absolute atomic E-state index is 6.17. The second-order valence-electron chi connectivity index (χ2n) is 4.82. The number of rotatable bonds is 6. The summed E-state index contributed by atoms with van der Waals surface area (Å²) in [6.45, 7) is 6.34. The Labute approximate surface area is 163 Å². The number of aliphatic imine (C=N–C) groups is 1. The molecule has 0 aliphatic rings. The van der Waals surface area contributed by atoms with E-state index in [0.29, 0.717) is 6.54 Å². The third-order valence-corrected chi connectivity index (χ3v) is 4.50. The molecule has 7 heteroatoms. The summed E-state index contributed by atoms with van der Waals surface area (Å²) in [6, 6.07) is 7.92. The van der Waals surface area contributed by atoms with E-state index in [0.717, 1.165) is 41.7 Å². The molecule has 2 aromatic rings. The topological polar surface area (TPSA) is 49.3 Å². The molecule has 2 N–H and O–H groups in total. The maximum atomic E-state index is 6.17. The zero-order chi connectivity index (χ0) is 15.8. The second kappa shape index (κ2) is 10.8. The Hall–Kier alpha value is -0.860. The molecule has 0 saturated heterocycles. The molecule has 0 radical (unpaired) electrons. The van der Waals surface area contributed by atoms with Gasteiger partial charge >= 0.3 is 0 Å². The first kappa shape index (κ1) is 20.2. The fraction of sp³-hybridized carbons (Fsp3) is 0.375. The highest BCUT2D eigenvalue weighted by molar-refractivity contribution is 14.0. The van der Waals surface area contributed by atoms with E-state index in [1.54, 1.807) is 11.3 Å². The number of benzene rings is 1. The number of hydrogen-bond donors (Lipinski definition) is 2. The monoisotopic (exact) mass is 464 g/mol. The van der Waals surface area contributed by atoms with Gasteiger partial charge in [-0.05, 0) is 31.9 Å². The molecule has 0 spiro atoms. The van der Waals surface area contributed by atoms with E-state index in [-0.39, 0.29) is 24.0 Å². The number of aromatic nitrogens is 1. The molecule has 0 saturated carbocycles. The van der Waals surface area contributed by atoms with Crippen LogP contribution >= 0.6 is 46.9 Å². The van der Waals surface area contributed by atoms with Crippen LogP contribution in [0, 0.1) is 6.92 Å². The Morgan fingerprint density at radius 3 is 2.74 bits per heavy atom. The SMILES string of the molecule is CCNC(=NCc1scnc1C)NCCc1ccccc1Cl.I. The zero-order valence-electron chi connectivity index (χ0n) is 13.3. The van der Waals surface area contributed by atoms with Crippen LogP contribution in [0.3, 0.4) is 0 Å². The molecule has 0 unspecified atom stereocenters. The molecule has 0 aliphatic heterocycles. The van der Waals surface area contributed by atoms with Crippen molar-refractivity contribution in [2.75, 3.05) is 13.1 Å². The summed E-state index contributed by atoms with van der Waals surface area (Å²) in [5.74, 6) is 0.822. The minimum Gasteiger partial charge on any atom is -0.357 e. The number of guanidine groups is 1. The van der Waals surface area contributed by atoms with Crippen molar-refractivity contribution in [3.05, 3.63) is 50.9 Å². The van der Waals surface area contributed by atoms with Crippen molar-refractivity contribution in [3.63, 3.8) is 0 Å². The zero-order valence-corrected chi connectivity index (χ0v) is 17.2. The lowest BCUT2D eigenvalue weighted by atomic mass is 10.1. The molecule has 0 bridgehead atoms. The average Bonchev–Trinajstić information content (AvgIpc) is 2.92. The first-order chi connectivity index (χ1) is 10.7. The van der Waals surface area contributed by atoms with Crippen LogP contribution in [-0.4, -0.2) is 24.0 Å². The summed E-state index contributed by atoms with van der Waals surface area (Å²) in [7, 11) is 0. The van der Waals surface area contributed by atoms with Crippen LogP contribution in [-0.2, 0) is 13.0 Å². The van der Waals surface area contributed by atoms with Gasteiger partial charge in [0.2, 0.25) is 0 Å². The smallest absolute Gasteiger partial charge is 0.191 e. The van der Waals surface area contributed by atoms with Crippen LogP contribution in [0.4, 0.5) is 0 Å². The first-order valence-electron chi connectivity index (χ1n) is 7.35. The lowest BCUT2D eigenvalue weighted by Crippen LogP contribution is -2.38. The number of halogens is 2. The van der Waals surface area contributed by atoms with Gasteiger partial charge in [-0.3, -0.25) is 0 Å². The molecule has 0 aliphatic carbocycles. The Morgan fingerprint density at radius 1 is 1.30 bits per heavy atom. The molecule has 0 atom stereocenters. The van der Waals surface area contributed by atoms with Crippen LogP contribution in [0.1, 0.15) is 23.1 Å². The summed E-state index contributed by atoms with van der Waals surface area (Å²) < 4.78 is 0. The van der Waals surface area contributed by atoms with Crippen LogP contribution in [0.2, 0.25) is 5.02 Å². The first-order valence-corrected chi connectivity index (χ1v) is 8.61. The summed E-state index contributed by atoms with van der Waals surface area (Å²) in [4.78, 5) is 10.0. The molecule has 2 rings (SSSR count). The van der Waals surface area contributed by atoms with Gasteiger partial charge in [0.05, 0.1) is 17.7 Å². The van der Waals surface area contributed by atoms with Gasteiger partial charge < -0.3 is 10.6 Å². The molecule has 23 heavy (non-hydrogen) atoms. The van der Waals surface area contributed by atoms with E-state index in [1.165, 1.54) is 4.88 Å². The molecule has 0 fully saturated rings. The van der Waals surface area contributed by atoms with Crippen molar-refractivity contribution in [3.8, 4) is 0 Å². The summed E-state index contributed by atoms with van der Waals surface area (Å²) in [5, 5.41) is 7.41. The van der Waals surface area contributed by atoms with Crippen LogP contribution in [0.5, 0.6) is 0 Å². The lowest BCUT2D eigenvalue weighted by Gasteiger charge is -2.11. The van der Waals surface area contributed by atoms with Gasteiger partial charge in [0.15, 0.2) is 5.96 Å². The Bertz CT molecular complexity index is 630. The van der Waals surface area contributed by atoms with Crippen molar-refractivity contribution in [1.29, 1.82) is 0 Å².